The van der Waals surface area contributed by atoms with E-state index in [1.54, 1.807) is 52.5 Å². The van der Waals surface area contributed by atoms with Crippen LogP contribution in [0.3, 0.4) is 0 Å². The topological polar surface area (TPSA) is 143 Å². The number of carbonyl (C=O) groups excluding carboxylic acids is 3. The smallest absolute Gasteiger partial charge is 0.410 e. The van der Waals surface area contributed by atoms with E-state index in [2.05, 4.69) is 11.9 Å². The van der Waals surface area contributed by atoms with Crippen LogP contribution in [-0.4, -0.2) is 127 Å². The second-order valence-electron chi connectivity index (χ2n) is 14.6. The summed E-state index contributed by atoms with van der Waals surface area (Å²) in [6.07, 6.45) is 5.24. The first-order chi connectivity index (χ1) is 24.9. The number of hydrogen-bond donors (Lipinski definition) is 2. The third kappa shape index (κ3) is 8.39. The molecule has 14 heteroatoms. The Morgan fingerprint density at radius 1 is 0.942 bits per heavy atom. The Morgan fingerprint density at radius 3 is 2.23 bits per heavy atom. The number of piperidine rings is 3. The number of urea groups is 1. The number of phenolic OH excluding ortho intramolecular Hbond substituents is 1. The molecule has 0 spiro atoms. The standard InChI is InChI=1S/C38H52N6O7S/c1-4-28-25-27(9-10-34(28)45)26-35(36(46)41-18-11-29(12-19-41)30-13-22-43(23-14-30)52(49,50)40(2)3)51-38(48)42-20-16-32(17-21-42)44-24-15-31-7-5-6-8-33(31)39-37(44)47/h4-10,25,29-30,32,35,45H,1,11-24,26H2,2-3H3,(H,39,47)/t35-/m1/s1. The van der Waals surface area contributed by atoms with E-state index in [1.165, 1.54) is 4.31 Å². The highest BCUT2D eigenvalue weighted by Gasteiger charge is 2.38. The number of aromatic hydroxyl groups is 1. The van der Waals surface area contributed by atoms with Crippen molar-refractivity contribution in [1.82, 2.24) is 23.3 Å². The van der Waals surface area contributed by atoms with Gasteiger partial charge in [0.2, 0.25) is 0 Å². The van der Waals surface area contributed by atoms with E-state index in [4.69, 9.17) is 4.74 Å². The number of para-hydroxylation sites is 1. The number of carbonyl (C=O) groups is 3. The zero-order valence-corrected chi connectivity index (χ0v) is 31.1. The predicted molar refractivity (Wildman–Crippen MR) is 199 cm³/mol. The summed E-state index contributed by atoms with van der Waals surface area (Å²) in [5.41, 5.74) is 3.21. The van der Waals surface area contributed by atoms with Gasteiger partial charge in [-0.1, -0.05) is 36.9 Å². The van der Waals surface area contributed by atoms with Crippen molar-refractivity contribution in [1.29, 1.82) is 0 Å². The van der Waals surface area contributed by atoms with Gasteiger partial charge in [0.05, 0.1) is 0 Å². The van der Waals surface area contributed by atoms with Crippen LogP contribution >= 0.6 is 0 Å². The van der Waals surface area contributed by atoms with Crippen molar-refractivity contribution in [3.63, 3.8) is 0 Å². The minimum Gasteiger partial charge on any atom is -0.507 e. The van der Waals surface area contributed by atoms with Crippen LogP contribution in [0.1, 0.15) is 55.2 Å². The van der Waals surface area contributed by atoms with E-state index in [0.717, 1.165) is 48.9 Å². The Balaban J connectivity index is 1.06. The number of benzene rings is 2. The molecule has 4 heterocycles. The van der Waals surface area contributed by atoms with Gasteiger partial charge in [0.1, 0.15) is 5.75 Å². The number of anilines is 1. The number of phenols is 1. The van der Waals surface area contributed by atoms with Crippen LogP contribution in [0, 0.1) is 11.8 Å². The highest BCUT2D eigenvalue weighted by Crippen LogP contribution is 2.34. The fourth-order valence-electron chi connectivity index (χ4n) is 8.19. The molecule has 4 aliphatic rings. The van der Waals surface area contributed by atoms with Crippen molar-refractivity contribution in [2.24, 2.45) is 11.8 Å². The summed E-state index contributed by atoms with van der Waals surface area (Å²) in [6.45, 7) is 7.25. The summed E-state index contributed by atoms with van der Waals surface area (Å²) in [6, 6.07) is 12.7. The van der Waals surface area contributed by atoms with Gasteiger partial charge in [-0.3, -0.25) is 4.79 Å². The summed E-state index contributed by atoms with van der Waals surface area (Å²) in [4.78, 5) is 46.1. The van der Waals surface area contributed by atoms with Gasteiger partial charge in [-0.2, -0.15) is 17.0 Å². The molecule has 3 saturated heterocycles. The zero-order chi connectivity index (χ0) is 37.0. The van der Waals surface area contributed by atoms with Crippen molar-refractivity contribution in [2.75, 3.05) is 65.2 Å². The quantitative estimate of drug-likeness (QED) is 0.389. The molecule has 0 bridgehead atoms. The number of amides is 4. The summed E-state index contributed by atoms with van der Waals surface area (Å²) in [5, 5.41) is 13.2. The minimum atomic E-state index is -3.42. The van der Waals surface area contributed by atoms with Crippen molar-refractivity contribution in [3.05, 3.63) is 65.7 Å². The molecule has 282 valence electrons. The first-order valence-electron chi connectivity index (χ1n) is 18.5. The number of nitrogens with one attached hydrogen (secondary N) is 1. The van der Waals surface area contributed by atoms with Gasteiger partial charge >= 0.3 is 12.1 Å². The number of hydrogen-bond acceptors (Lipinski definition) is 7. The van der Waals surface area contributed by atoms with Gasteiger partial charge in [-0.15, -0.1) is 0 Å². The van der Waals surface area contributed by atoms with Gasteiger partial charge in [-0.25, -0.2) is 9.59 Å². The number of likely N-dealkylation sites (tertiary alicyclic amines) is 2. The van der Waals surface area contributed by atoms with E-state index in [1.807, 2.05) is 29.2 Å². The fourth-order valence-corrected chi connectivity index (χ4v) is 9.32. The Bertz CT molecular complexity index is 1730. The molecule has 2 N–H and O–H groups in total. The van der Waals surface area contributed by atoms with Crippen LogP contribution in [0.5, 0.6) is 5.75 Å². The molecule has 52 heavy (non-hydrogen) atoms. The molecular weight excluding hydrogens is 685 g/mol. The monoisotopic (exact) mass is 736 g/mol. The average molecular weight is 737 g/mol. The second kappa shape index (κ2) is 16.3. The van der Waals surface area contributed by atoms with E-state index in [0.29, 0.717) is 76.1 Å². The summed E-state index contributed by atoms with van der Waals surface area (Å²) >= 11 is 0. The molecule has 1 atom stereocenters. The van der Waals surface area contributed by atoms with Crippen LogP contribution in [-0.2, 0) is 32.6 Å². The zero-order valence-electron chi connectivity index (χ0n) is 30.3. The highest BCUT2D eigenvalue weighted by molar-refractivity contribution is 7.86. The van der Waals surface area contributed by atoms with E-state index < -0.39 is 22.4 Å². The van der Waals surface area contributed by atoms with Gasteiger partial charge in [0.25, 0.3) is 16.1 Å². The maximum absolute atomic E-state index is 14.1. The minimum absolute atomic E-state index is 0.0176. The van der Waals surface area contributed by atoms with Crippen LogP contribution in [0.2, 0.25) is 0 Å². The first kappa shape index (κ1) is 37.6. The summed E-state index contributed by atoms with van der Waals surface area (Å²) < 4.78 is 34.0. The maximum atomic E-state index is 14.1. The molecule has 2 aromatic carbocycles. The number of ether oxygens (including phenoxy) is 1. The van der Waals surface area contributed by atoms with E-state index in [-0.39, 0.29) is 30.2 Å². The maximum Gasteiger partial charge on any atom is 0.410 e. The number of nitrogens with zero attached hydrogens (tertiary/aromatic N) is 5. The number of rotatable bonds is 9. The van der Waals surface area contributed by atoms with E-state index >= 15 is 0 Å². The Morgan fingerprint density at radius 2 is 1.58 bits per heavy atom. The van der Waals surface area contributed by atoms with Crippen molar-refractivity contribution in [2.45, 2.75) is 63.5 Å². The Labute approximate surface area is 307 Å². The lowest BCUT2D eigenvalue weighted by atomic mass is 9.79. The molecule has 0 unspecified atom stereocenters. The molecule has 0 saturated carbocycles. The molecular formula is C38H52N6O7S. The third-order valence-electron chi connectivity index (χ3n) is 11.4. The largest absolute Gasteiger partial charge is 0.507 e. The lowest BCUT2D eigenvalue weighted by Crippen LogP contribution is -2.52. The Kier molecular flexibility index (Phi) is 11.8. The summed E-state index contributed by atoms with van der Waals surface area (Å²) in [7, 11) is -0.316. The van der Waals surface area contributed by atoms with Gasteiger partial charge in [-0.05, 0) is 86.1 Å². The van der Waals surface area contributed by atoms with Gasteiger partial charge in [0, 0.05) is 83.6 Å². The fraction of sp³-hybridized carbons (Fsp3) is 0.553. The third-order valence-corrected chi connectivity index (χ3v) is 13.3. The van der Waals surface area contributed by atoms with Crippen LogP contribution in [0.15, 0.2) is 49.0 Å². The SMILES string of the molecule is C=Cc1cc(C[C@@H](OC(=O)N2CCC(N3CCc4ccccc4NC3=O)CC2)C(=O)N2CCC(C3CCN(S(=O)(=O)N(C)C)CC3)CC2)ccc1O. The predicted octanol–water partition coefficient (Wildman–Crippen LogP) is 4.39. The van der Waals surface area contributed by atoms with Crippen LogP contribution < -0.4 is 5.32 Å². The molecule has 13 nitrogen and oxygen atoms in total. The van der Waals surface area contributed by atoms with Gasteiger partial charge in [0.15, 0.2) is 6.10 Å². The lowest BCUT2D eigenvalue weighted by molar-refractivity contribution is -0.142. The molecule has 0 radical (unpaired) electrons. The number of fused-ring (bicyclic) bond motifs is 1. The normalized spacial score (nSPS) is 20.6. The molecule has 0 aromatic heterocycles. The molecule has 6 rings (SSSR count). The average Bonchev–Trinajstić information content (AvgIpc) is 3.33. The van der Waals surface area contributed by atoms with Crippen molar-refractivity contribution < 1.29 is 32.6 Å². The van der Waals surface area contributed by atoms with Crippen LogP contribution in [0.4, 0.5) is 15.3 Å². The van der Waals surface area contributed by atoms with E-state index in [9.17, 15) is 27.9 Å². The van der Waals surface area contributed by atoms with Crippen molar-refractivity contribution >= 4 is 40.0 Å². The van der Waals surface area contributed by atoms with Gasteiger partial charge < -0.3 is 29.9 Å². The molecule has 3 fully saturated rings. The first-order valence-corrected chi connectivity index (χ1v) is 19.9. The summed E-state index contributed by atoms with van der Waals surface area (Å²) in [5.74, 6) is 0.619. The van der Waals surface area contributed by atoms with Crippen molar-refractivity contribution in [3.8, 4) is 5.75 Å². The molecule has 4 amide bonds. The Hall–Kier alpha value is -4.14. The lowest BCUT2D eigenvalue weighted by Gasteiger charge is -2.41. The van der Waals surface area contributed by atoms with Crippen LogP contribution in [0.25, 0.3) is 6.08 Å². The molecule has 2 aromatic rings. The molecule has 4 aliphatic heterocycles. The second-order valence-corrected chi connectivity index (χ2v) is 16.8. The molecule has 0 aliphatic carbocycles. The highest BCUT2D eigenvalue weighted by atomic mass is 32.2.